The van der Waals surface area contributed by atoms with Crippen molar-refractivity contribution in [2.75, 3.05) is 31.7 Å². The first kappa shape index (κ1) is 12.6. The molecule has 4 nitrogen and oxygen atoms in total. The minimum Gasteiger partial charge on any atom is -0.381 e. The smallest absolute Gasteiger partial charge is 0.225 e. The van der Waals surface area contributed by atoms with Gasteiger partial charge in [0, 0.05) is 38.2 Å². The number of halogens is 1. The van der Waals surface area contributed by atoms with Crippen molar-refractivity contribution in [1.29, 1.82) is 0 Å². The summed E-state index contributed by atoms with van der Waals surface area (Å²) >= 11 is 5.70. The van der Waals surface area contributed by atoms with Crippen molar-refractivity contribution in [3.8, 4) is 0 Å². The third-order valence-electron chi connectivity index (χ3n) is 2.97. The van der Waals surface area contributed by atoms with E-state index in [0.29, 0.717) is 11.8 Å². The van der Waals surface area contributed by atoms with Crippen molar-refractivity contribution >= 4 is 17.5 Å². The fraction of sp³-hybridized carbons (Fsp3) is 0.667. The summed E-state index contributed by atoms with van der Waals surface area (Å²) in [4.78, 5) is 10.7. The van der Waals surface area contributed by atoms with Crippen LogP contribution in [-0.4, -0.2) is 36.8 Å². The van der Waals surface area contributed by atoms with Gasteiger partial charge in [-0.3, -0.25) is 0 Å². The molecule has 1 unspecified atom stereocenters. The SMILES string of the molecule is CN(CC1CCCOC1)c1ncc(CCl)cn1. The average Bonchev–Trinajstić information content (AvgIpc) is 2.40. The molecule has 1 atom stereocenters. The lowest BCUT2D eigenvalue weighted by atomic mass is 10.0. The van der Waals surface area contributed by atoms with Crippen LogP contribution in [0.25, 0.3) is 0 Å². The van der Waals surface area contributed by atoms with E-state index in [1.165, 1.54) is 6.42 Å². The maximum atomic E-state index is 5.70. The first-order chi connectivity index (χ1) is 8.29. The van der Waals surface area contributed by atoms with Crippen molar-refractivity contribution in [3.05, 3.63) is 18.0 Å². The Balaban J connectivity index is 1.91. The lowest BCUT2D eigenvalue weighted by molar-refractivity contribution is 0.0575. The number of hydrogen-bond donors (Lipinski definition) is 0. The molecule has 0 aliphatic carbocycles. The average molecular weight is 256 g/mol. The first-order valence-electron chi connectivity index (χ1n) is 5.95. The fourth-order valence-electron chi connectivity index (χ4n) is 2.03. The molecular weight excluding hydrogens is 238 g/mol. The maximum absolute atomic E-state index is 5.70. The number of nitrogens with zero attached hydrogens (tertiary/aromatic N) is 3. The summed E-state index contributed by atoms with van der Waals surface area (Å²) in [5.74, 6) is 1.80. The molecule has 94 valence electrons. The fourth-order valence-corrected chi connectivity index (χ4v) is 2.17. The van der Waals surface area contributed by atoms with Crippen LogP contribution in [0.3, 0.4) is 0 Å². The van der Waals surface area contributed by atoms with Gasteiger partial charge in [0.1, 0.15) is 0 Å². The predicted molar refractivity (Wildman–Crippen MR) is 68.4 cm³/mol. The maximum Gasteiger partial charge on any atom is 0.225 e. The second-order valence-electron chi connectivity index (χ2n) is 4.49. The summed E-state index contributed by atoms with van der Waals surface area (Å²) in [5.41, 5.74) is 0.949. The van der Waals surface area contributed by atoms with Crippen LogP contribution in [0, 0.1) is 5.92 Å². The second-order valence-corrected chi connectivity index (χ2v) is 4.76. The summed E-state index contributed by atoms with van der Waals surface area (Å²) in [6.45, 7) is 2.70. The van der Waals surface area contributed by atoms with E-state index in [4.69, 9.17) is 16.3 Å². The van der Waals surface area contributed by atoms with Gasteiger partial charge in [-0.2, -0.15) is 0 Å². The number of rotatable bonds is 4. The highest BCUT2D eigenvalue weighted by atomic mass is 35.5. The van der Waals surface area contributed by atoms with Gasteiger partial charge in [-0.15, -0.1) is 11.6 Å². The molecule has 0 N–H and O–H groups in total. The molecular formula is C12H18ClN3O. The van der Waals surface area contributed by atoms with Gasteiger partial charge in [0.15, 0.2) is 0 Å². The van der Waals surface area contributed by atoms with E-state index in [0.717, 1.165) is 37.7 Å². The summed E-state index contributed by atoms with van der Waals surface area (Å²) in [5, 5.41) is 0. The Bertz CT molecular complexity index is 338. The number of ether oxygens (including phenoxy) is 1. The highest BCUT2D eigenvalue weighted by Crippen LogP contribution is 2.16. The van der Waals surface area contributed by atoms with Gasteiger partial charge in [-0.1, -0.05) is 0 Å². The molecule has 2 heterocycles. The number of alkyl halides is 1. The molecule has 17 heavy (non-hydrogen) atoms. The topological polar surface area (TPSA) is 38.2 Å². The van der Waals surface area contributed by atoms with Gasteiger partial charge in [-0.25, -0.2) is 9.97 Å². The van der Waals surface area contributed by atoms with Crippen LogP contribution in [0.5, 0.6) is 0 Å². The summed E-state index contributed by atoms with van der Waals surface area (Å²) in [6, 6.07) is 0. The highest BCUT2D eigenvalue weighted by Gasteiger charge is 2.17. The Morgan fingerprint density at radius 1 is 1.47 bits per heavy atom. The van der Waals surface area contributed by atoms with Crippen LogP contribution in [0.15, 0.2) is 12.4 Å². The molecule has 0 saturated carbocycles. The molecule has 1 fully saturated rings. The predicted octanol–water partition coefficient (Wildman–Crippen LogP) is 2.08. The number of hydrogen-bond acceptors (Lipinski definition) is 4. The van der Waals surface area contributed by atoms with Gasteiger partial charge in [-0.05, 0) is 18.8 Å². The molecule has 0 spiro atoms. The Morgan fingerprint density at radius 2 is 2.24 bits per heavy atom. The zero-order chi connectivity index (χ0) is 12.1. The van der Waals surface area contributed by atoms with Crippen LogP contribution >= 0.6 is 11.6 Å². The molecule has 1 aromatic rings. The van der Waals surface area contributed by atoms with Crippen molar-refractivity contribution in [3.63, 3.8) is 0 Å². The molecule has 0 amide bonds. The lowest BCUT2D eigenvalue weighted by Crippen LogP contribution is -2.31. The van der Waals surface area contributed by atoms with E-state index >= 15 is 0 Å². The Morgan fingerprint density at radius 3 is 2.82 bits per heavy atom. The highest BCUT2D eigenvalue weighted by molar-refractivity contribution is 6.17. The van der Waals surface area contributed by atoms with Crippen LogP contribution in [0.2, 0.25) is 0 Å². The Hall–Kier alpha value is -0.870. The molecule has 1 aliphatic rings. The number of aromatic nitrogens is 2. The largest absolute Gasteiger partial charge is 0.381 e. The Kier molecular flexibility index (Phi) is 4.57. The standard InChI is InChI=1S/C12H18ClN3O/c1-16(8-10-3-2-4-17-9-10)12-14-6-11(5-13)7-15-12/h6-7,10H,2-5,8-9H2,1H3. The van der Waals surface area contributed by atoms with E-state index in [-0.39, 0.29) is 0 Å². The van der Waals surface area contributed by atoms with Crippen molar-refractivity contribution in [2.24, 2.45) is 5.92 Å². The molecule has 1 aliphatic heterocycles. The normalized spacial score (nSPS) is 20.2. The molecule has 1 aromatic heterocycles. The summed E-state index contributed by atoms with van der Waals surface area (Å²) in [7, 11) is 2.02. The van der Waals surface area contributed by atoms with Gasteiger partial charge < -0.3 is 9.64 Å². The van der Waals surface area contributed by atoms with Gasteiger partial charge >= 0.3 is 0 Å². The number of anilines is 1. The van der Waals surface area contributed by atoms with E-state index in [1.54, 1.807) is 12.4 Å². The summed E-state index contributed by atoms with van der Waals surface area (Å²) in [6.07, 6.45) is 5.95. The van der Waals surface area contributed by atoms with E-state index in [1.807, 2.05) is 7.05 Å². The van der Waals surface area contributed by atoms with E-state index < -0.39 is 0 Å². The van der Waals surface area contributed by atoms with Gasteiger partial charge in [0.25, 0.3) is 0 Å². The van der Waals surface area contributed by atoms with Crippen LogP contribution in [-0.2, 0) is 10.6 Å². The van der Waals surface area contributed by atoms with E-state index in [9.17, 15) is 0 Å². The summed E-state index contributed by atoms with van der Waals surface area (Å²) < 4.78 is 5.47. The van der Waals surface area contributed by atoms with Crippen molar-refractivity contribution in [2.45, 2.75) is 18.7 Å². The molecule has 0 radical (unpaired) electrons. The molecule has 2 rings (SSSR count). The zero-order valence-corrected chi connectivity index (χ0v) is 10.9. The van der Waals surface area contributed by atoms with Crippen LogP contribution < -0.4 is 4.90 Å². The molecule has 1 saturated heterocycles. The third kappa shape index (κ3) is 3.54. The molecule has 5 heteroatoms. The minimum atomic E-state index is 0.459. The zero-order valence-electron chi connectivity index (χ0n) is 10.1. The van der Waals surface area contributed by atoms with Crippen molar-refractivity contribution in [1.82, 2.24) is 9.97 Å². The second kappa shape index (κ2) is 6.17. The molecule has 0 aromatic carbocycles. The van der Waals surface area contributed by atoms with E-state index in [2.05, 4.69) is 14.9 Å². The monoisotopic (exact) mass is 255 g/mol. The lowest BCUT2D eigenvalue weighted by Gasteiger charge is -2.27. The first-order valence-corrected chi connectivity index (χ1v) is 6.49. The van der Waals surface area contributed by atoms with Crippen molar-refractivity contribution < 1.29 is 4.74 Å². The van der Waals surface area contributed by atoms with Crippen LogP contribution in [0.1, 0.15) is 18.4 Å². The van der Waals surface area contributed by atoms with Gasteiger partial charge in [0.2, 0.25) is 5.95 Å². The quantitative estimate of drug-likeness (QED) is 0.772. The van der Waals surface area contributed by atoms with Crippen LogP contribution in [0.4, 0.5) is 5.95 Å². The third-order valence-corrected chi connectivity index (χ3v) is 3.28. The Labute approximate surface area is 107 Å². The minimum absolute atomic E-state index is 0.459. The van der Waals surface area contributed by atoms with Gasteiger partial charge in [0.05, 0.1) is 12.5 Å². The molecule has 0 bridgehead atoms.